The van der Waals surface area contributed by atoms with Gasteiger partial charge in [0.15, 0.2) is 0 Å². The molecule has 0 bridgehead atoms. The summed E-state index contributed by atoms with van der Waals surface area (Å²) in [6.07, 6.45) is 1.75. The molecule has 142 valence electrons. The zero-order valence-electron chi connectivity index (χ0n) is 15.1. The summed E-state index contributed by atoms with van der Waals surface area (Å²) < 4.78 is 6.96. The quantitative estimate of drug-likeness (QED) is 0.627. The summed E-state index contributed by atoms with van der Waals surface area (Å²) in [7, 11) is 1.53. The Morgan fingerprint density at radius 1 is 1.19 bits per heavy atom. The molecule has 1 saturated heterocycles. The number of halogens is 2. The Kier molecular flexibility index (Phi) is 6.01. The van der Waals surface area contributed by atoms with Crippen molar-refractivity contribution in [3.05, 3.63) is 56.2 Å². The van der Waals surface area contributed by atoms with Gasteiger partial charge in [0.25, 0.3) is 11.1 Å². The maximum Gasteiger partial charge on any atom is 0.293 e. The molecule has 1 aliphatic rings. The zero-order valence-corrected chi connectivity index (χ0v) is 17.4. The van der Waals surface area contributed by atoms with E-state index in [0.717, 1.165) is 34.4 Å². The lowest BCUT2D eigenvalue weighted by Gasteiger charge is -2.12. The molecule has 3 rings (SSSR count). The van der Waals surface area contributed by atoms with Crippen LogP contribution in [0, 0.1) is 13.8 Å². The predicted octanol–water partition coefficient (Wildman–Crippen LogP) is 5.08. The Labute approximate surface area is 171 Å². The highest BCUT2D eigenvalue weighted by Gasteiger charge is 2.34. The first-order chi connectivity index (χ1) is 12.8. The maximum absolute atomic E-state index is 12.5. The molecule has 0 atom stereocenters. The molecule has 1 aromatic carbocycles. The van der Waals surface area contributed by atoms with E-state index in [1.807, 2.05) is 30.5 Å². The maximum atomic E-state index is 12.5. The normalized spacial score (nSPS) is 16.0. The Morgan fingerprint density at radius 2 is 1.93 bits per heavy atom. The third-order valence-corrected chi connectivity index (χ3v) is 5.75. The third kappa shape index (κ3) is 3.94. The van der Waals surface area contributed by atoms with Crippen LogP contribution in [0.1, 0.15) is 17.0 Å². The summed E-state index contributed by atoms with van der Waals surface area (Å²) in [5.74, 6) is -0.295. The molecule has 0 N–H and O–H groups in total. The predicted molar refractivity (Wildman–Crippen MR) is 110 cm³/mol. The highest BCUT2D eigenvalue weighted by atomic mass is 35.5. The van der Waals surface area contributed by atoms with E-state index >= 15 is 0 Å². The van der Waals surface area contributed by atoms with E-state index in [1.165, 1.54) is 12.0 Å². The number of carbonyl (C=O) groups is 2. The van der Waals surface area contributed by atoms with E-state index in [-0.39, 0.29) is 17.7 Å². The standard InChI is InChI=1S/C19H18Cl2N2O3S/c1-11-8-13(9-17-18(24)22(6-7-26-3)19(25)27-17)12(2)23(11)16-5-4-14(20)10-15(16)21/h4-5,8-10H,6-7H2,1-3H3/b17-9+. The molecule has 0 radical (unpaired) electrons. The van der Waals surface area contributed by atoms with Gasteiger partial charge in [0.05, 0.1) is 28.8 Å². The molecule has 0 aliphatic carbocycles. The second-order valence-electron chi connectivity index (χ2n) is 6.08. The first-order valence-electron chi connectivity index (χ1n) is 8.22. The fraction of sp³-hybridized carbons (Fsp3) is 0.263. The number of ether oxygens (including phenoxy) is 1. The van der Waals surface area contributed by atoms with E-state index in [9.17, 15) is 9.59 Å². The fourth-order valence-corrected chi connectivity index (χ4v) is 4.33. The molecule has 2 heterocycles. The van der Waals surface area contributed by atoms with Crippen LogP contribution in [-0.2, 0) is 9.53 Å². The van der Waals surface area contributed by atoms with E-state index in [4.69, 9.17) is 27.9 Å². The molecular weight excluding hydrogens is 407 g/mol. The van der Waals surface area contributed by atoms with E-state index in [2.05, 4.69) is 0 Å². The van der Waals surface area contributed by atoms with Gasteiger partial charge in [-0.05, 0) is 61.5 Å². The lowest BCUT2D eigenvalue weighted by molar-refractivity contribution is -0.123. The number of rotatable bonds is 5. The van der Waals surface area contributed by atoms with E-state index in [0.29, 0.717) is 21.6 Å². The number of imide groups is 1. The van der Waals surface area contributed by atoms with Gasteiger partial charge in [-0.1, -0.05) is 23.2 Å². The Hall–Kier alpha value is -1.73. The summed E-state index contributed by atoms with van der Waals surface area (Å²) >= 11 is 13.3. The zero-order chi connectivity index (χ0) is 19.7. The second-order valence-corrected chi connectivity index (χ2v) is 7.92. The number of aryl methyl sites for hydroxylation is 1. The molecule has 2 aromatic rings. The van der Waals surface area contributed by atoms with Crippen molar-refractivity contribution in [3.8, 4) is 5.69 Å². The summed E-state index contributed by atoms with van der Waals surface area (Å²) in [5.41, 5.74) is 3.54. The lowest BCUT2D eigenvalue weighted by Crippen LogP contribution is -2.31. The van der Waals surface area contributed by atoms with Crippen molar-refractivity contribution in [1.29, 1.82) is 0 Å². The summed E-state index contributed by atoms with van der Waals surface area (Å²) in [6.45, 7) is 4.46. The fourth-order valence-electron chi connectivity index (χ4n) is 2.98. The van der Waals surface area contributed by atoms with Crippen LogP contribution >= 0.6 is 35.0 Å². The Bertz CT molecular complexity index is 953. The number of aromatic nitrogens is 1. The molecule has 27 heavy (non-hydrogen) atoms. The molecule has 0 saturated carbocycles. The van der Waals surface area contributed by atoms with Crippen LogP contribution < -0.4 is 0 Å². The minimum Gasteiger partial charge on any atom is -0.383 e. The number of hydrogen-bond donors (Lipinski definition) is 0. The van der Waals surface area contributed by atoms with E-state index < -0.39 is 0 Å². The van der Waals surface area contributed by atoms with Crippen molar-refractivity contribution in [2.24, 2.45) is 0 Å². The third-order valence-electron chi connectivity index (χ3n) is 4.30. The smallest absolute Gasteiger partial charge is 0.293 e. The van der Waals surface area contributed by atoms with Gasteiger partial charge in [0.2, 0.25) is 0 Å². The molecule has 0 unspecified atom stereocenters. The first-order valence-corrected chi connectivity index (χ1v) is 9.79. The first kappa shape index (κ1) is 20.0. The van der Waals surface area contributed by atoms with Gasteiger partial charge in [0, 0.05) is 23.5 Å². The minimum absolute atomic E-state index is 0.248. The van der Waals surface area contributed by atoms with Crippen LogP contribution in [0.2, 0.25) is 10.0 Å². The van der Waals surface area contributed by atoms with Crippen molar-refractivity contribution in [1.82, 2.24) is 9.47 Å². The van der Waals surface area contributed by atoms with Gasteiger partial charge < -0.3 is 9.30 Å². The second kappa shape index (κ2) is 8.10. The number of amides is 2. The lowest BCUT2D eigenvalue weighted by atomic mass is 10.2. The number of methoxy groups -OCH3 is 1. The van der Waals surface area contributed by atoms with Gasteiger partial charge in [-0.2, -0.15) is 0 Å². The average molecular weight is 425 g/mol. The van der Waals surface area contributed by atoms with Gasteiger partial charge >= 0.3 is 0 Å². The van der Waals surface area contributed by atoms with Crippen LogP contribution in [0.25, 0.3) is 11.8 Å². The molecule has 5 nitrogen and oxygen atoms in total. The highest BCUT2D eigenvalue weighted by Crippen LogP contribution is 2.34. The van der Waals surface area contributed by atoms with Crippen LogP contribution in [-0.4, -0.2) is 40.9 Å². The summed E-state index contributed by atoms with van der Waals surface area (Å²) in [5, 5.41) is 0.824. The summed E-state index contributed by atoms with van der Waals surface area (Å²) in [6, 6.07) is 7.29. The van der Waals surface area contributed by atoms with Crippen molar-refractivity contribution >= 4 is 52.2 Å². The number of hydrogen-bond acceptors (Lipinski definition) is 4. The minimum atomic E-state index is -0.295. The molecule has 0 spiro atoms. The van der Waals surface area contributed by atoms with Gasteiger partial charge in [-0.25, -0.2) is 0 Å². The number of benzene rings is 1. The SMILES string of the molecule is COCCN1C(=O)S/C(=C/c2cc(C)n(-c3ccc(Cl)cc3Cl)c2C)C1=O. The Morgan fingerprint density at radius 3 is 2.59 bits per heavy atom. The van der Waals surface area contributed by atoms with Crippen LogP contribution in [0.3, 0.4) is 0 Å². The van der Waals surface area contributed by atoms with Gasteiger partial charge in [-0.3, -0.25) is 14.5 Å². The Balaban J connectivity index is 1.97. The molecule has 1 fully saturated rings. The van der Waals surface area contributed by atoms with Crippen LogP contribution in [0.15, 0.2) is 29.2 Å². The monoisotopic (exact) mass is 424 g/mol. The van der Waals surface area contributed by atoms with Gasteiger partial charge in [0.1, 0.15) is 0 Å². The molecule has 2 amide bonds. The molecular formula is C19H18Cl2N2O3S. The van der Waals surface area contributed by atoms with Crippen molar-refractivity contribution in [2.45, 2.75) is 13.8 Å². The van der Waals surface area contributed by atoms with Crippen molar-refractivity contribution in [3.63, 3.8) is 0 Å². The average Bonchev–Trinajstić information content (AvgIpc) is 3.03. The largest absolute Gasteiger partial charge is 0.383 e. The highest BCUT2D eigenvalue weighted by molar-refractivity contribution is 8.18. The van der Waals surface area contributed by atoms with E-state index in [1.54, 1.807) is 18.2 Å². The van der Waals surface area contributed by atoms with Crippen LogP contribution in [0.5, 0.6) is 0 Å². The number of nitrogens with zero attached hydrogens (tertiary/aromatic N) is 2. The van der Waals surface area contributed by atoms with Gasteiger partial charge in [-0.15, -0.1) is 0 Å². The molecule has 1 aromatic heterocycles. The van der Waals surface area contributed by atoms with Crippen molar-refractivity contribution < 1.29 is 14.3 Å². The topological polar surface area (TPSA) is 51.5 Å². The van der Waals surface area contributed by atoms with Crippen LogP contribution in [0.4, 0.5) is 4.79 Å². The molecule has 1 aliphatic heterocycles. The molecule has 8 heteroatoms. The number of thioether (sulfide) groups is 1. The number of carbonyl (C=O) groups excluding carboxylic acids is 2. The summed E-state index contributed by atoms with van der Waals surface area (Å²) in [4.78, 5) is 26.2. The van der Waals surface area contributed by atoms with Crippen molar-refractivity contribution in [2.75, 3.05) is 20.3 Å².